The van der Waals surface area contributed by atoms with Crippen LogP contribution in [0, 0.1) is 0 Å². The van der Waals surface area contributed by atoms with E-state index < -0.39 is 13.6 Å². The minimum atomic E-state index is -5.75. The third-order valence-corrected chi connectivity index (χ3v) is 0. The molecule has 0 unspecified atom stereocenters. The van der Waals surface area contributed by atoms with Crippen molar-refractivity contribution >= 4 is 0 Å². The molecule has 0 aromatic rings. The van der Waals surface area contributed by atoms with Gasteiger partial charge < -0.3 is 0 Å². The van der Waals surface area contributed by atoms with Gasteiger partial charge in [-0.05, 0) is 0 Å². The second-order valence-electron chi connectivity index (χ2n) is 0.408. The molecule has 0 N–H and O–H groups in total. The molecule has 0 aromatic carbocycles. The number of rotatable bonds is 0. The first-order valence-corrected chi connectivity index (χ1v) is 2.75. The van der Waals surface area contributed by atoms with Crippen molar-refractivity contribution in [3.8, 4) is 0 Å². The van der Waals surface area contributed by atoms with Crippen LogP contribution in [0.5, 0.6) is 0 Å². The summed E-state index contributed by atoms with van der Waals surface area (Å²) in [6.45, 7) is 0. The molecule has 0 atom stereocenters. The van der Waals surface area contributed by atoms with Crippen LogP contribution < -0.4 is 27.2 Å². The second kappa shape index (κ2) is 5.53. The van der Waals surface area contributed by atoms with Gasteiger partial charge in [-0.15, -0.1) is 0 Å². The molecule has 0 spiro atoms. The van der Waals surface area contributed by atoms with Crippen LogP contribution in [-0.2, 0) is 43.6 Å². The molecule has 0 radical (unpaired) electrons. The summed E-state index contributed by atoms with van der Waals surface area (Å²) in [6, 6.07) is 0. The fourth-order valence-electron chi connectivity index (χ4n) is 0. The first-order chi connectivity index (χ1) is 2.00. The van der Waals surface area contributed by atoms with Gasteiger partial charge in [0.05, 0.1) is 0 Å². The molecule has 4 nitrogen and oxygen atoms in total. The fourth-order valence-corrected chi connectivity index (χ4v) is 0. The van der Waals surface area contributed by atoms with E-state index in [4.69, 9.17) is 15.9 Å². The van der Waals surface area contributed by atoms with E-state index in [-0.39, 0.29) is 41.2 Å². The Hall–Kier alpha value is 1.39. The molecule has 0 rings (SSSR count). The average molecular weight is 231 g/mol. The fraction of sp³-hybridized carbons (Fsp3) is 0. The molecule has 0 heterocycles. The molecular weight excluding hydrogens is 231 g/mol. The van der Waals surface area contributed by atoms with E-state index in [0.29, 0.717) is 0 Å². The third kappa shape index (κ3) is 111. The topological polar surface area (TPSA) is 80.3 Å². The van der Waals surface area contributed by atoms with Gasteiger partial charge >= 0.3 is 70.8 Å². The van der Waals surface area contributed by atoms with Crippen LogP contribution in [0.4, 0.5) is 0 Å². The summed E-state index contributed by atoms with van der Waals surface area (Å²) >= 11 is -5.75. The van der Waals surface area contributed by atoms with Gasteiger partial charge in [0.25, 0.3) is 0 Å². The van der Waals surface area contributed by atoms with Crippen molar-refractivity contribution in [1.29, 1.82) is 0 Å². The van der Waals surface area contributed by atoms with Crippen LogP contribution in [-0.4, -0.2) is 0 Å². The zero-order chi connectivity index (χ0) is 4.50. The maximum absolute atomic E-state index is 8.59. The predicted octanol–water partition coefficient (Wildman–Crippen LogP) is -5.62. The van der Waals surface area contributed by atoms with Crippen molar-refractivity contribution < 1.29 is 70.8 Å². The first-order valence-electron chi connectivity index (χ1n) is 0.667. The molecule has 0 saturated carbocycles. The van der Waals surface area contributed by atoms with Crippen molar-refractivity contribution in [3.63, 3.8) is 0 Å². The molecule has 0 aliphatic carbocycles. The van der Waals surface area contributed by atoms with Gasteiger partial charge in [0.15, 0.2) is 0 Å². The molecular formula is AgCrLiO4. The van der Waals surface area contributed by atoms with Crippen molar-refractivity contribution in [2.45, 2.75) is 0 Å². The van der Waals surface area contributed by atoms with Crippen LogP contribution in [0.25, 0.3) is 0 Å². The number of hydrogen-bond donors (Lipinski definition) is 0. The van der Waals surface area contributed by atoms with Gasteiger partial charge in [-0.3, -0.25) is 0 Å². The van der Waals surface area contributed by atoms with Crippen molar-refractivity contribution in [3.05, 3.63) is 0 Å². The predicted molar refractivity (Wildman–Crippen MR) is 1.37 cm³/mol. The van der Waals surface area contributed by atoms with E-state index in [0.717, 1.165) is 0 Å². The van der Waals surface area contributed by atoms with Gasteiger partial charge in [0, 0.05) is 0 Å². The molecule has 0 amide bonds. The Morgan fingerprint density at radius 1 is 1.14 bits per heavy atom. The normalized spacial score (nSPS) is 8.29. The zero-order valence-electron chi connectivity index (χ0n) is 3.34. The van der Waals surface area contributed by atoms with Gasteiger partial charge in [0.2, 0.25) is 0 Å². The Kier molecular flexibility index (Phi) is 12.4. The molecule has 0 aliphatic heterocycles. The van der Waals surface area contributed by atoms with Gasteiger partial charge in [0.1, 0.15) is 0 Å². The zero-order valence-corrected chi connectivity index (χ0v) is 6.10. The van der Waals surface area contributed by atoms with E-state index in [9.17, 15) is 0 Å². The Labute approximate surface area is 70.4 Å². The Morgan fingerprint density at radius 3 is 1.14 bits per heavy atom. The van der Waals surface area contributed by atoms with E-state index in [1.165, 1.54) is 0 Å². The van der Waals surface area contributed by atoms with Crippen LogP contribution in [0.2, 0.25) is 0 Å². The first kappa shape index (κ1) is 15.8. The van der Waals surface area contributed by atoms with E-state index in [1.54, 1.807) is 0 Å². The molecule has 0 aliphatic rings. The molecule has 0 saturated heterocycles. The standard InChI is InChI=1S/Ag.Cr.Li.4O/q+1;;+1;;;2*-1. The van der Waals surface area contributed by atoms with E-state index in [2.05, 4.69) is 0 Å². The van der Waals surface area contributed by atoms with Crippen molar-refractivity contribution in [2.24, 2.45) is 0 Å². The monoisotopic (exact) mass is 230 g/mol. The summed E-state index contributed by atoms with van der Waals surface area (Å²) in [5.41, 5.74) is 0. The molecule has 0 bridgehead atoms. The van der Waals surface area contributed by atoms with Crippen LogP contribution >= 0.6 is 0 Å². The molecule has 42 valence electrons. The summed E-state index contributed by atoms with van der Waals surface area (Å²) in [5.74, 6) is 0. The van der Waals surface area contributed by atoms with Gasteiger partial charge in [-0.2, -0.15) is 0 Å². The summed E-state index contributed by atoms with van der Waals surface area (Å²) in [4.78, 5) is 0. The van der Waals surface area contributed by atoms with Crippen LogP contribution in [0.3, 0.4) is 0 Å². The Morgan fingerprint density at radius 2 is 1.14 bits per heavy atom. The SMILES string of the molecule is [Ag+].[Li+].[O]=[Cr](=[O])([O-])[O-]. The minimum absolute atomic E-state index is 0. The van der Waals surface area contributed by atoms with E-state index in [1.807, 2.05) is 0 Å². The molecule has 7 heteroatoms. The van der Waals surface area contributed by atoms with Crippen molar-refractivity contribution in [1.82, 2.24) is 0 Å². The van der Waals surface area contributed by atoms with Gasteiger partial charge in [-0.25, -0.2) is 0 Å². The molecule has 0 fully saturated rings. The average Bonchev–Trinajstić information content (AvgIpc) is 0.722. The van der Waals surface area contributed by atoms with Crippen LogP contribution in [0.1, 0.15) is 0 Å². The Bertz CT molecular complexity index is 94.9. The van der Waals surface area contributed by atoms with Crippen LogP contribution in [0.15, 0.2) is 0 Å². The van der Waals surface area contributed by atoms with E-state index >= 15 is 0 Å². The summed E-state index contributed by atoms with van der Waals surface area (Å²) in [6.07, 6.45) is 0. The quantitative estimate of drug-likeness (QED) is 0.389. The van der Waals surface area contributed by atoms with Gasteiger partial charge in [-0.1, -0.05) is 0 Å². The summed E-state index contributed by atoms with van der Waals surface area (Å²) < 4.78 is 34.4. The summed E-state index contributed by atoms with van der Waals surface area (Å²) in [7, 11) is 0. The third-order valence-electron chi connectivity index (χ3n) is 0. The molecule has 0 aromatic heterocycles. The molecule has 7 heavy (non-hydrogen) atoms. The second-order valence-corrected chi connectivity index (χ2v) is 1.68. The van der Waals surface area contributed by atoms with Crippen molar-refractivity contribution in [2.75, 3.05) is 0 Å². The maximum atomic E-state index is 8.59. The summed E-state index contributed by atoms with van der Waals surface area (Å²) in [5, 5.41) is 0. The number of hydrogen-bond acceptors (Lipinski definition) is 4. The Balaban J connectivity index is -0.0000000800.